The number of nitrogens with zero attached hydrogens (tertiary/aromatic N) is 2. The summed E-state index contributed by atoms with van der Waals surface area (Å²) in [4.78, 5) is 28.4. The van der Waals surface area contributed by atoms with Crippen molar-refractivity contribution in [3.8, 4) is 0 Å². The van der Waals surface area contributed by atoms with Crippen molar-refractivity contribution in [2.75, 3.05) is 0 Å². The average molecular weight is 361 g/mol. The number of rotatable bonds is 8. The summed E-state index contributed by atoms with van der Waals surface area (Å²) in [5.41, 5.74) is 3.95. The summed E-state index contributed by atoms with van der Waals surface area (Å²) in [5.74, 6) is -0.126. The Bertz CT molecular complexity index is 900. The number of benzene rings is 2. The number of carbonyl (C=O) groups is 2. The van der Waals surface area contributed by atoms with Crippen molar-refractivity contribution in [1.29, 1.82) is 0 Å². The number of hydrogen-bond donors (Lipinski definition) is 1. The van der Waals surface area contributed by atoms with Crippen LogP contribution >= 0.6 is 0 Å². The van der Waals surface area contributed by atoms with Crippen LogP contribution in [0, 0.1) is 6.92 Å². The van der Waals surface area contributed by atoms with Gasteiger partial charge in [0.15, 0.2) is 5.78 Å². The number of aryl methyl sites for hydroxylation is 1. The first-order valence-electron chi connectivity index (χ1n) is 9.01. The van der Waals surface area contributed by atoms with Gasteiger partial charge in [-0.1, -0.05) is 54.1 Å². The molecule has 3 rings (SSSR count). The van der Waals surface area contributed by atoms with Gasteiger partial charge < -0.3 is 9.88 Å². The molecule has 138 valence electrons. The topological polar surface area (TPSA) is 64.0 Å². The van der Waals surface area contributed by atoms with Crippen LogP contribution in [0.25, 0.3) is 0 Å². The number of Topliss-reactive ketones (excluding diaryl/α,β-unsaturated/α-hetero) is 1. The number of ketones is 1. The molecule has 1 aromatic heterocycles. The molecule has 0 atom stereocenters. The Labute approximate surface area is 159 Å². The van der Waals surface area contributed by atoms with Crippen LogP contribution in [0.1, 0.15) is 39.9 Å². The molecule has 0 radical (unpaired) electrons. The van der Waals surface area contributed by atoms with Crippen molar-refractivity contribution in [1.82, 2.24) is 14.9 Å². The highest BCUT2D eigenvalue weighted by molar-refractivity contribution is 5.97. The first-order valence-corrected chi connectivity index (χ1v) is 9.01. The third-order valence-electron chi connectivity index (χ3n) is 4.46. The maximum absolute atomic E-state index is 12.2. The molecular formula is C22H23N3O2. The van der Waals surface area contributed by atoms with Gasteiger partial charge >= 0.3 is 0 Å². The molecule has 0 aliphatic heterocycles. The van der Waals surface area contributed by atoms with E-state index >= 15 is 0 Å². The summed E-state index contributed by atoms with van der Waals surface area (Å²) in [6.07, 6.45) is 5.83. The van der Waals surface area contributed by atoms with Gasteiger partial charge in [-0.15, -0.1) is 0 Å². The lowest BCUT2D eigenvalue weighted by atomic mass is 10.0. The van der Waals surface area contributed by atoms with Crippen molar-refractivity contribution in [3.63, 3.8) is 0 Å². The van der Waals surface area contributed by atoms with Crippen LogP contribution in [0.3, 0.4) is 0 Å². The number of hydrogen-bond acceptors (Lipinski definition) is 3. The normalized spacial score (nSPS) is 10.6. The maximum atomic E-state index is 12.2. The minimum absolute atomic E-state index is 0.00865. The Balaban J connectivity index is 1.50. The predicted molar refractivity (Wildman–Crippen MR) is 104 cm³/mol. The summed E-state index contributed by atoms with van der Waals surface area (Å²) in [5, 5.41) is 2.92. The molecule has 0 fully saturated rings. The highest BCUT2D eigenvalue weighted by Gasteiger charge is 2.10. The van der Waals surface area contributed by atoms with Gasteiger partial charge in [0, 0.05) is 43.9 Å². The van der Waals surface area contributed by atoms with E-state index in [2.05, 4.69) is 10.3 Å². The quantitative estimate of drug-likeness (QED) is 0.625. The summed E-state index contributed by atoms with van der Waals surface area (Å²) < 4.78 is 1.99. The van der Waals surface area contributed by atoms with Crippen molar-refractivity contribution >= 4 is 11.7 Å². The lowest BCUT2D eigenvalue weighted by Gasteiger charge is -2.11. The molecule has 0 aliphatic carbocycles. The van der Waals surface area contributed by atoms with Gasteiger partial charge in [0.2, 0.25) is 5.91 Å². The lowest BCUT2D eigenvalue weighted by molar-refractivity contribution is -0.121. The summed E-state index contributed by atoms with van der Waals surface area (Å²) in [6.45, 7) is 3.13. The van der Waals surface area contributed by atoms with Crippen LogP contribution in [-0.2, 0) is 17.9 Å². The third kappa shape index (κ3) is 5.38. The van der Waals surface area contributed by atoms with Crippen LogP contribution in [0.4, 0.5) is 0 Å². The first-order chi connectivity index (χ1) is 13.1. The third-order valence-corrected chi connectivity index (χ3v) is 4.46. The number of nitrogens with one attached hydrogen (secondary N) is 1. The van der Waals surface area contributed by atoms with Gasteiger partial charge in [0.25, 0.3) is 0 Å². The Kier molecular flexibility index (Phi) is 6.15. The molecule has 0 aliphatic rings. The smallest absolute Gasteiger partial charge is 0.220 e. The zero-order valence-electron chi connectivity index (χ0n) is 15.4. The molecule has 0 unspecified atom stereocenters. The number of imidazole rings is 1. The molecule has 0 spiro atoms. The lowest BCUT2D eigenvalue weighted by Crippen LogP contribution is -2.24. The average Bonchev–Trinajstić information content (AvgIpc) is 3.19. The Morgan fingerprint density at radius 2 is 1.74 bits per heavy atom. The van der Waals surface area contributed by atoms with Crippen molar-refractivity contribution < 1.29 is 9.59 Å². The van der Waals surface area contributed by atoms with Crippen LogP contribution in [0.15, 0.2) is 67.3 Å². The van der Waals surface area contributed by atoms with E-state index in [4.69, 9.17) is 0 Å². The molecule has 5 heteroatoms. The molecule has 1 amide bonds. The highest BCUT2D eigenvalue weighted by Crippen LogP contribution is 2.11. The Morgan fingerprint density at radius 1 is 1.00 bits per heavy atom. The van der Waals surface area contributed by atoms with Crippen molar-refractivity contribution in [2.45, 2.75) is 32.9 Å². The zero-order valence-corrected chi connectivity index (χ0v) is 15.4. The van der Waals surface area contributed by atoms with Crippen molar-refractivity contribution in [3.05, 3.63) is 89.5 Å². The standard InChI is InChI=1S/C22H23N3O2/c1-17-6-8-18(9-7-17)21(26)10-11-22(27)24-14-19-4-2-3-5-20(19)15-25-13-12-23-16-25/h2-9,12-13,16H,10-11,14-15H2,1H3,(H,24,27). The second-order valence-electron chi connectivity index (χ2n) is 6.57. The van der Waals surface area contributed by atoms with E-state index in [1.165, 1.54) is 0 Å². The maximum Gasteiger partial charge on any atom is 0.220 e. The minimum atomic E-state index is -0.118. The van der Waals surface area contributed by atoms with Crippen LogP contribution in [0.5, 0.6) is 0 Å². The molecule has 1 N–H and O–H groups in total. The first kappa shape index (κ1) is 18.6. The van der Waals surface area contributed by atoms with Gasteiger partial charge in [-0.25, -0.2) is 4.98 Å². The molecule has 0 saturated heterocycles. The second kappa shape index (κ2) is 8.94. The number of amides is 1. The van der Waals surface area contributed by atoms with Crippen LogP contribution < -0.4 is 5.32 Å². The van der Waals surface area contributed by atoms with Crippen LogP contribution in [0.2, 0.25) is 0 Å². The predicted octanol–water partition coefficient (Wildman–Crippen LogP) is 3.52. The van der Waals surface area contributed by atoms with Gasteiger partial charge in [-0.05, 0) is 18.1 Å². The summed E-state index contributed by atoms with van der Waals surface area (Å²) in [6, 6.07) is 15.4. The van der Waals surface area contributed by atoms with Crippen molar-refractivity contribution in [2.24, 2.45) is 0 Å². The van der Waals surface area contributed by atoms with E-state index in [-0.39, 0.29) is 24.5 Å². The fourth-order valence-electron chi connectivity index (χ4n) is 2.85. The zero-order chi connectivity index (χ0) is 19.1. The molecule has 27 heavy (non-hydrogen) atoms. The molecule has 0 saturated carbocycles. The van der Waals surface area contributed by atoms with Gasteiger partial charge in [-0.2, -0.15) is 0 Å². The highest BCUT2D eigenvalue weighted by atomic mass is 16.2. The Morgan fingerprint density at radius 3 is 2.44 bits per heavy atom. The van der Waals surface area contributed by atoms with E-state index in [1.54, 1.807) is 12.5 Å². The molecule has 5 nitrogen and oxygen atoms in total. The monoisotopic (exact) mass is 361 g/mol. The molecule has 1 heterocycles. The molecular weight excluding hydrogens is 338 g/mol. The second-order valence-corrected chi connectivity index (χ2v) is 6.57. The molecule has 0 bridgehead atoms. The van der Waals surface area contributed by atoms with Gasteiger partial charge in [0.1, 0.15) is 0 Å². The fraction of sp³-hybridized carbons (Fsp3) is 0.227. The summed E-state index contributed by atoms with van der Waals surface area (Å²) in [7, 11) is 0. The fourth-order valence-corrected chi connectivity index (χ4v) is 2.85. The van der Waals surface area contributed by atoms with Gasteiger partial charge in [-0.3, -0.25) is 9.59 Å². The summed E-state index contributed by atoms with van der Waals surface area (Å²) >= 11 is 0. The molecule has 3 aromatic rings. The number of aromatic nitrogens is 2. The van der Waals surface area contributed by atoms with E-state index < -0.39 is 0 Å². The van der Waals surface area contributed by atoms with Crippen LogP contribution in [-0.4, -0.2) is 21.2 Å². The van der Waals surface area contributed by atoms with E-state index in [9.17, 15) is 9.59 Å². The number of carbonyl (C=O) groups excluding carboxylic acids is 2. The minimum Gasteiger partial charge on any atom is -0.352 e. The van der Waals surface area contributed by atoms with E-state index in [1.807, 2.05) is 66.2 Å². The molecule has 2 aromatic carbocycles. The Hall–Kier alpha value is -3.21. The van der Waals surface area contributed by atoms with Gasteiger partial charge in [0.05, 0.1) is 6.33 Å². The largest absolute Gasteiger partial charge is 0.352 e. The van der Waals surface area contributed by atoms with E-state index in [0.29, 0.717) is 18.7 Å². The SMILES string of the molecule is Cc1ccc(C(=O)CCC(=O)NCc2ccccc2Cn2ccnc2)cc1. The van der Waals surface area contributed by atoms with E-state index in [0.717, 1.165) is 16.7 Å².